The van der Waals surface area contributed by atoms with Gasteiger partial charge in [0.05, 0.1) is 31.2 Å². The molecular weight excluding hydrogens is 482 g/mol. The van der Waals surface area contributed by atoms with E-state index >= 15 is 0 Å². The number of hydrogen-bond acceptors (Lipinski definition) is 8. The Balaban J connectivity index is 1.47. The summed E-state index contributed by atoms with van der Waals surface area (Å²) in [6.07, 6.45) is 2.70. The van der Waals surface area contributed by atoms with Crippen LogP contribution in [0.3, 0.4) is 0 Å². The molecule has 0 saturated carbocycles. The van der Waals surface area contributed by atoms with Crippen LogP contribution in [0.2, 0.25) is 0 Å². The number of hydrogen-bond donors (Lipinski definition) is 2. The third-order valence-corrected chi connectivity index (χ3v) is 8.60. The summed E-state index contributed by atoms with van der Waals surface area (Å²) in [5.41, 5.74) is 9.92. The molecule has 0 saturated heterocycles. The molecule has 180 valence electrons. The standard InChI is InChI=1S/C26H25N3O4S2/c1-13-4-9-16-19(12-13)34-25(20(16)26(31)33-3)29-23(30)22-21(27)17-10-11-18(28-24(17)35-22)14-5-7-15(32-2)8-6-14/h5-8,10-11,13H,4,9,12,27H2,1-3H3,(H,29,30). The lowest BCUT2D eigenvalue weighted by atomic mass is 9.88. The molecule has 5 rings (SSSR count). The maximum Gasteiger partial charge on any atom is 0.341 e. The minimum absolute atomic E-state index is 0.353. The Morgan fingerprint density at radius 1 is 1.11 bits per heavy atom. The number of nitrogens with zero attached hydrogens (tertiary/aromatic N) is 1. The lowest BCUT2D eigenvalue weighted by molar-refractivity contribution is 0.0601. The second-order valence-corrected chi connectivity index (χ2v) is 10.7. The minimum atomic E-state index is -0.428. The number of methoxy groups -OCH3 is 2. The van der Waals surface area contributed by atoms with Crippen LogP contribution in [0.4, 0.5) is 10.7 Å². The molecule has 1 atom stereocenters. The highest BCUT2D eigenvalue weighted by Gasteiger charge is 2.30. The number of aromatic nitrogens is 1. The van der Waals surface area contributed by atoms with Gasteiger partial charge in [0.15, 0.2) is 0 Å². The van der Waals surface area contributed by atoms with Gasteiger partial charge in [-0.15, -0.1) is 22.7 Å². The zero-order valence-corrected chi connectivity index (χ0v) is 21.3. The third kappa shape index (κ3) is 4.26. The number of nitrogens with two attached hydrogens (primary N) is 1. The second-order valence-electron chi connectivity index (χ2n) is 8.62. The van der Waals surface area contributed by atoms with Crippen LogP contribution in [-0.2, 0) is 17.6 Å². The molecule has 1 aromatic carbocycles. The highest BCUT2D eigenvalue weighted by Crippen LogP contribution is 2.41. The predicted octanol–water partition coefficient (Wildman–Crippen LogP) is 5.78. The fourth-order valence-corrected chi connectivity index (χ4v) is 6.79. The summed E-state index contributed by atoms with van der Waals surface area (Å²) in [6.45, 7) is 2.20. The lowest BCUT2D eigenvalue weighted by Crippen LogP contribution is -2.16. The zero-order chi connectivity index (χ0) is 24.7. The number of anilines is 2. The molecule has 1 aliphatic carbocycles. The number of nitrogens with one attached hydrogen (secondary N) is 1. The van der Waals surface area contributed by atoms with Crippen molar-refractivity contribution in [3.63, 3.8) is 0 Å². The van der Waals surface area contributed by atoms with Gasteiger partial charge in [0.25, 0.3) is 5.91 Å². The fourth-order valence-electron chi connectivity index (χ4n) is 4.41. The van der Waals surface area contributed by atoms with Crippen molar-refractivity contribution < 1.29 is 19.1 Å². The number of carbonyl (C=O) groups excluding carboxylic acids is 2. The third-order valence-electron chi connectivity index (χ3n) is 6.31. The Hall–Kier alpha value is -3.43. The number of pyridine rings is 1. The number of thiophene rings is 2. The Bertz CT molecular complexity index is 1440. The number of benzene rings is 1. The molecule has 3 aromatic heterocycles. The van der Waals surface area contributed by atoms with Gasteiger partial charge >= 0.3 is 5.97 Å². The summed E-state index contributed by atoms with van der Waals surface area (Å²) in [5.74, 6) is 0.528. The van der Waals surface area contributed by atoms with E-state index in [2.05, 4.69) is 12.2 Å². The summed E-state index contributed by atoms with van der Waals surface area (Å²) in [6, 6.07) is 11.4. The van der Waals surface area contributed by atoms with E-state index in [0.717, 1.165) is 52.1 Å². The molecule has 7 nitrogen and oxygen atoms in total. The van der Waals surface area contributed by atoms with Gasteiger partial charge in [0.1, 0.15) is 20.5 Å². The minimum Gasteiger partial charge on any atom is -0.497 e. The van der Waals surface area contributed by atoms with Gasteiger partial charge in [-0.2, -0.15) is 0 Å². The summed E-state index contributed by atoms with van der Waals surface area (Å²) < 4.78 is 10.3. The van der Waals surface area contributed by atoms with Gasteiger partial charge in [-0.3, -0.25) is 4.79 Å². The van der Waals surface area contributed by atoms with Crippen molar-refractivity contribution in [2.45, 2.75) is 26.2 Å². The summed E-state index contributed by atoms with van der Waals surface area (Å²) in [4.78, 5) is 32.8. The largest absolute Gasteiger partial charge is 0.497 e. The SMILES string of the molecule is COC(=O)c1c(NC(=O)c2sc3nc(-c4ccc(OC)cc4)ccc3c2N)sc2c1CCC(C)C2. The fraction of sp³-hybridized carbons (Fsp3) is 0.269. The molecule has 1 aliphatic rings. The average Bonchev–Trinajstić information content (AvgIpc) is 3.39. The van der Waals surface area contributed by atoms with Crippen LogP contribution in [0.5, 0.6) is 5.75 Å². The first-order valence-corrected chi connectivity index (χ1v) is 12.9. The number of carbonyl (C=O) groups is 2. The van der Waals surface area contributed by atoms with E-state index < -0.39 is 5.97 Å². The van der Waals surface area contributed by atoms with Gasteiger partial charge in [0.2, 0.25) is 0 Å². The molecular formula is C26H25N3O4S2. The Morgan fingerprint density at radius 3 is 2.60 bits per heavy atom. The molecule has 1 amide bonds. The van der Waals surface area contributed by atoms with Gasteiger partial charge in [0, 0.05) is 15.8 Å². The topological polar surface area (TPSA) is 104 Å². The molecule has 3 N–H and O–H groups in total. The molecule has 3 heterocycles. The van der Waals surface area contributed by atoms with Gasteiger partial charge < -0.3 is 20.5 Å². The normalized spacial score (nSPS) is 15.0. The Kier molecular flexibility index (Phi) is 6.21. The molecule has 9 heteroatoms. The van der Waals surface area contributed by atoms with E-state index in [1.54, 1.807) is 7.11 Å². The second kappa shape index (κ2) is 9.31. The Labute approximate surface area is 210 Å². The number of ether oxygens (including phenoxy) is 2. The van der Waals surface area contributed by atoms with E-state index in [1.165, 1.54) is 29.8 Å². The van der Waals surface area contributed by atoms with Crippen molar-refractivity contribution in [3.05, 3.63) is 57.3 Å². The predicted molar refractivity (Wildman–Crippen MR) is 141 cm³/mol. The first-order chi connectivity index (χ1) is 16.9. The van der Waals surface area contributed by atoms with Crippen molar-refractivity contribution in [2.24, 2.45) is 5.92 Å². The number of rotatable bonds is 5. The number of amides is 1. The van der Waals surface area contributed by atoms with E-state index in [9.17, 15) is 9.59 Å². The molecule has 35 heavy (non-hydrogen) atoms. The molecule has 0 fully saturated rings. The first kappa shape index (κ1) is 23.3. The maximum absolute atomic E-state index is 13.3. The van der Waals surface area contributed by atoms with Crippen molar-refractivity contribution in [1.29, 1.82) is 0 Å². The highest BCUT2D eigenvalue weighted by atomic mass is 32.1. The molecule has 0 spiro atoms. The molecule has 0 bridgehead atoms. The van der Waals surface area contributed by atoms with E-state index in [4.69, 9.17) is 20.2 Å². The van der Waals surface area contributed by atoms with Crippen LogP contribution in [0.25, 0.3) is 21.5 Å². The molecule has 1 unspecified atom stereocenters. The van der Waals surface area contributed by atoms with Crippen LogP contribution >= 0.6 is 22.7 Å². The summed E-state index contributed by atoms with van der Waals surface area (Å²) in [5, 5.41) is 4.19. The van der Waals surface area contributed by atoms with E-state index in [-0.39, 0.29) is 5.91 Å². The van der Waals surface area contributed by atoms with Gasteiger partial charge in [-0.05, 0) is 67.1 Å². The van der Waals surface area contributed by atoms with Crippen molar-refractivity contribution in [2.75, 3.05) is 25.3 Å². The van der Waals surface area contributed by atoms with Crippen molar-refractivity contribution >= 4 is 55.5 Å². The quantitative estimate of drug-likeness (QED) is 0.332. The van der Waals surface area contributed by atoms with Crippen LogP contribution in [0, 0.1) is 5.92 Å². The first-order valence-electron chi connectivity index (χ1n) is 11.3. The molecule has 4 aromatic rings. The van der Waals surface area contributed by atoms with E-state index in [1.807, 2.05) is 36.4 Å². The van der Waals surface area contributed by atoms with Crippen molar-refractivity contribution in [1.82, 2.24) is 4.98 Å². The summed E-state index contributed by atoms with van der Waals surface area (Å²) >= 11 is 2.69. The Morgan fingerprint density at radius 2 is 1.89 bits per heavy atom. The van der Waals surface area contributed by atoms with Crippen molar-refractivity contribution in [3.8, 4) is 17.0 Å². The maximum atomic E-state index is 13.3. The van der Waals surface area contributed by atoms with Crippen LogP contribution in [0.15, 0.2) is 36.4 Å². The number of nitrogen functional groups attached to an aromatic ring is 1. The van der Waals surface area contributed by atoms with Crippen LogP contribution < -0.4 is 15.8 Å². The van der Waals surface area contributed by atoms with Gasteiger partial charge in [-0.1, -0.05) is 6.92 Å². The van der Waals surface area contributed by atoms with Crippen LogP contribution in [-0.4, -0.2) is 31.1 Å². The monoisotopic (exact) mass is 507 g/mol. The van der Waals surface area contributed by atoms with Crippen LogP contribution in [0.1, 0.15) is 43.8 Å². The summed E-state index contributed by atoms with van der Waals surface area (Å²) in [7, 11) is 2.99. The smallest absolute Gasteiger partial charge is 0.341 e. The highest BCUT2D eigenvalue weighted by molar-refractivity contribution is 7.21. The molecule has 0 radical (unpaired) electrons. The zero-order valence-electron chi connectivity index (χ0n) is 19.6. The molecule has 0 aliphatic heterocycles. The average molecular weight is 508 g/mol. The van der Waals surface area contributed by atoms with Gasteiger partial charge in [-0.25, -0.2) is 9.78 Å². The number of fused-ring (bicyclic) bond motifs is 2. The van der Waals surface area contributed by atoms with E-state index in [0.29, 0.717) is 31.9 Å². The lowest BCUT2D eigenvalue weighted by Gasteiger charge is -2.18. The number of esters is 1.